The van der Waals surface area contributed by atoms with Crippen LogP contribution in [0, 0.1) is 0 Å². The number of pyridine rings is 1. The minimum Gasteiger partial charge on any atom is -0.359 e. The lowest BCUT2D eigenvalue weighted by Crippen LogP contribution is -2.23. The van der Waals surface area contributed by atoms with Crippen molar-refractivity contribution in [3.8, 4) is 11.3 Å². The Bertz CT molecular complexity index is 961. The predicted octanol–water partition coefficient (Wildman–Crippen LogP) is 3.63. The molecule has 0 unspecified atom stereocenters. The van der Waals surface area contributed by atoms with Crippen LogP contribution in [0.5, 0.6) is 0 Å². The number of benzene rings is 1. The molecule has 0 saturated heterocycles. The lowest BCUT2D eigenvalue weighted by Gasteiger charge is -2.06. The summed E-state index contributed by atoms with van der Waals surface area (Å²) in [6, 6.07) is 12.5. The number of halogens is 2. The van der Waals surface area contributed by atoms with Gasteiger partial charge in [0.25, 0.3) is 0 Å². The first-order chi connectivity index (χ1) is 11.5. The molecular weight excluding hydrogens is 418 g/mol. The maximum atomic E-state index is 12.3. The molecule has 9 heteroatoms. The fourth-order valence-electron chi connectivity index (χ4n) is 1.98. The Morgan fingerprint density at radius 2 is 1.96 bits per heavy atom. The average Bonchev–Trinajstić information content (AvgIpc) is 3.05. The van der Waals surface area contributed by atoms with Crippen LogP contribution in [-0.2, 0) is 16.6 Å². The molecule has 0 atom stereocenters. The fraction of sp³-hybridized carbons (Fsp3) is 0.0667. The van der Waals surface area contributed by atoms with Gasteiger partial charge in [0, 0.05) is 22.3 Å². The maximum absolute atomic E-state index is 12.3. The van der Waals surface area contributed by atoms with Gasteiger partial charge in [0.05, 0.1) is 6.54 Å². The fourth-order valence-corrected chi connectivity index (χ4v) is 3.91. The number of hydrogen-bond donors (Lipinski definition) is 1. The molecular formula is C15H11BrClN3O3S. The SMILES string of the molecule is O=S(=O)(NCc1cc(-c2ccccc2)no1)c1cc(Br)cnc1Cl. The van der Waals surface area contributed by atoms with Gasteiger partial charge in [-0.25, -0.2) is 18.1 Å². The lowest BCUT2D eigenvalue weighted by atomic mass is 10.1. The van der Waals surface area contributed by atoms with Crippen LogP contribution in [0.1, 0.15) is 5.76 Å². The van der Waals surface area contributed by atoms with Gasteiger partial charge in [0.2, 0.25) is 10.0 Å². The molecule has 3 rings (SSSR count). The largest absolute Gasteiger partial charge is 0.359 e. The molecule has 2 heterocycles. The molecule has 0 saturated carbocycles. The first kappa shape index (κ1) is 17.1. The summed E-state index contributed by atoms with van der Waals surface area (Å²) in [5, 5.41) is 3.83. The molecule has 0 fully saturated rings. The third-order valence-corrected chi connectivity index (χ3v) is 5.39. The highest BCUT2D eigenvalue weighted by molar-refractivity contribution is 9.10. The summed E-state index contributed by atoms with van der Waals surface area (Å²) < 4.78 is 32.8. The average molecular weight is 429 g/mol. The van der Waals surface area contributed by atoms with Crippen LogP contribution in [0.25, 0.3) is 11.3 Å². The highest BCUT2D eigenvalue weighted by Crippen LogP contribution is 2.23. The van der Waals surface area contributed by atoms with Crippen LogP contribution in [0.4, 0.5) is 0 Å². The van der Waals surface area contributed by atoms with Gasteiger partial charge in [0.1, 0.15) is 15.7 Å². The summed E-state index contributed by atoms with van der Waals surface area (Å²) in [6.07, 6.45) is 1.42. The molecule has 0 spiro atoms. The smallest absolute Gasteiger partial charge is 0.244 e. The van der Waals surface area contributed by atoms with Crippen molar-refractivity contribution in [1.29, 1.82) is 0 Å². The lowest BCUT2D eigenvalue weighted by molar-refractivity contribution is 0.382. The van der Waals surface area contributed by atoms with Gasteiger partial charge in [-0.15, -0.1) is 0 Å². The van der Waals surface area contributed by atoms with Crippen LogP contribution in [-0.4, -0.2) is 18.6 Å². The molecule has 124 valence electrons. The summed E-state index contributed by atoms with van der Waals surface area (Å²) in [6.45, 7) is -0.0506. The van der Waals surface area contributed by atoms with E-state index in [1.165, 1.54) is 12.3 Å². The van der Waals surface area contributed by atoms with Crippen LogP contribution in [0.15, 0.2) is 62.6 Å². The van der Waals surface area contributed by atoms with E-state index >= 15 is 0 Å². The highest BCUT2D eigenvalue weighted by Gasteiger charge is 2.20. The Hall–Kier alpha value is -1.74. The van der Waals surface area contributed by atoms with E-state index in [0.717, 1.165) is 5.56 Å². The summed E-state index contributed by atoms with van der Waals surface area (Å²) in [7, 11) is -3.83. The van der Waals surface area contributed by atoms with Gasteiger partial charge in [0.15, 0.2) is 5.76 Å². The number of nitrogens with one attached hydrogen (secondary N) is 1. The van der Waals surface area contributed by atoms with Crippen molar-refractivity contribution < 1.29 is 12.9 Å². The van der Waals surface area contributed by atoms with Crippen LogP contribution in [0.2, 0.25) is 5.15 Å². The first-order valence-electron chi connectivity index (χ1n) is 6.77. The molecule has 2 aromatic heterocycles. The molecule has 1 aromatic carbocycles. The summed E-state index contributed by atoms with van der Waals surface area (Å²) in [5.41, 5.74) is 1.52. The normalized spacial score (nSPS) is 11.6. The molecule has 0 aliphatic heterocycles. The van der Waals surface area contributed by atoms with Gasteiger partial charge in [-0.1, -0.05) is 47.1 Å². The number of aromatic nitrogens is 2. The molecule has 6 nitrogen and oxygen atoms in total. The molecule has 0 aliphatic rings. The highest BCUT2D eigenvalue weighted by atomic mass is 79.9. The van der Waals surface area contributed by atoms with E-state index in [2.05, 4.69) is 30.8 Å². The zero-order chi connectivity index (χ0) is 17.2. The first-order valence-corrected chi connectivity index (χ1v) is 9.43. The standard InChI is InChI=1S/C15H11BrClN3O3S/c16-11-6-14(15(17)18-8-11)24(21,22)19-9-12-7-13(20-23-12)10-4-2-1-3-5-10/h1-8,19H,9H2. The number of sulfonamides is 1. The molecule has 24 heavy (non-hydrogen) atoms. The van der Waals surface area contributed by atoms with E-state index in [-0.39, 0.29) is 16.6 Å². The minimum atomic E-state index is -3.83. The van der Waals surface area contributed by atoms with Crippen LogP contribution >= 0.6 is 27.5 Å². The van der Waals surface area contributed by atoms with Crippen LogP contribution in [0.3, 0.4) is 0 Å². The summed E-state index contributed by atoms with van der Waals surface area (Å²) in [4.78, 5) is 3.70. The van der Waals surface area contributed by atoms with Crippen molar-refractivity contribution in [2.75, 3.05) is 0 Å². The molecule has 0 aliphatic carbocycles. The van der Waals surface area contributed by atoms with Gasteiger partial charge in [-0.3, -0.25) is 0 Å². The minimum absolute atomic E-state index is 0.0506. The van der Waals surface area contributed by atoms with E-state index in [1.54, 1.807) is 6.07 Å². The van der Waals surface area contributed by atoms with Gasteiger partial charge < -0.3 is 4.52 Å². The maximum Gasteiger partial charge on any atom is 0.244 e. The predicted molar refractivity (Wildman–Crippen MR) is 92.9 cm³/mol. The van der Waals surface area contributed by atoms with Gasteiger partial charge in [-0.2, -0.15) is 0 Å². The number of hydrogen-bond acceptors (Lipinski definition) is 5. The van der Waals surface area contributed by atoms with Crippen molar-refractivity contribution in [3.05, 3.63) is 64.0 Å². The van der Waals surface area contributed by atoms with Gasteiger partial charge >= 0.3 is 0 Å². The van der Waals surface area contributed by atoms with Crippen molar-refractivity contribution in [2.24, 2.45) is 0 Å². The zero-order valence-electron chi connectivity index (χ0n) is 12.1. The third-order valence-electron chi connectivity index (χ3n) is 3.13. The van der Waals surface area contributed by atoms with E-state index in [0.29, 0.717) is 15.9 Å². The molecule has 3 aromatic rings. The number of rotatable bonds is 5. The second-order valence-corrected chi connectivity index (χ2v) is 7.82. The zero-order valence-corrected chi connectivity index (χ0v) is 15.3. The molecule has 0 amide bonds. The van der Waals surface area contributed by atoms with Crippen molar-refractivity contribution >= 4 is 37.6 Å². The Morgan fingerprint density at radius 1 is 1.21 bits per heavy atom. The monoisotopic (exact) mass is 427 g/mol. The molecule has 1 N–H and O–H groups in total. The van der Waals surface area contributed by atoms with Crippen molar-refractivity contribution in [2.45, 2.75) is 11.4 Å². The Morgan fingerprint density at radius 3 is 2.71 bits per heavy atom. The van der Waals surface area contributed by atoms with Crippen molar-refractivity contribution in [1.82, 2.24) is 14.9 Å². The second kappa shape index (κ2) is 7.02. The summed E-state index contributed by atoms with van der Waals surface area (Å²) >= 11 is 9.03. The Kier molecular flexibility index (Phi) is 5.00. The van der Waals surface area contributed by atoms with E-state index in [4.69, 9.17) is 16.1 Å². The summed E-state index contributed by atoms with van der Waals surface area (Å²) in [5.74, 6) is 0.386. The molecule has 0 bridgehead atoms. The van der Waals surface area contributed by atoms with E-state index in [9.17, 15) is 8.42 Å². The molecule has 0 radical (unpaired) electrons. The van der Waals surface area contributed by atoms with E-state index in [1.807, 2.05) is 30.3 Å². The Balaban J connectivity index is 1.76. The van der Waals surface area contributed by atoms with Crippen LogP contribution < -0.4 is 4.72 Å². The second-order valence-electron chi connectivity index (χ2n) is 4.81. The van der Waals surface area contributed by atoms with Crippen molar-refractivity contribution in [3.63, 3.8) is 0 Å². The quantitative estimate of drug-likeness (QED) is 0.627. The number of nitrogens with zero attached hydrogens (tertiary/aromatic N) is 2. The van der Waals surface area contributed by atoms with Gasteiger partial charge in [-0.05, 0) is 22.0 Å². The topological polar surface area (TPSA) is 85.1 Å². The van der Waals surface area contributed by atoms with E-state index < -0.39 is 10.0 Å². The third kappa shape index (κ3) is 3.84. The Labute approximate surface area is 152 Å².